The summed E-state index contributed by atoms with van der Waals surface area (Å²) < 4.78 is 13.3. The summed E-state index contributed by atoms with van der Waals surface area (Å²) in [5, 5.41) is 9.55. The fourth-order valence-electron chi connectivity index (χ4n) is 6.23. The van der Waals surface area contributed by atoms with Crippen LogP contribution in [-0.2, 0) is 19.9 Å². The number of fused-ring (bicyclic) bond motifs is 4. The molecule has 0 atom stereocenters. The molecule has 0 amide bonds. The van der Waals surface area contributed by atoms with E-state index in [1.807, 2.05) is 0 Å². The molecule has 3 heteroatoms. The minimum absolute atomic E-state index is 0.850. The molecule has 0 bridgehead atoms. The molecule has 8 rings (SSSR count). The van der Waals surface area contributed by atoms with Gasteiger partial charge in [-0.15, -0.1) is 0 Å². The van der Waals surface area contributed by atoms with Crippen LogP contribution in [0.3, 0.4) is 0 Å². The van der Waals surface area contributed by atoms with Gasteiger partial charge in [-0.3, -0.25) is 0 Å². The first-order chi connectivity index (χ1) is 21.3. The van der Waals surface area contributed by atoms with Crippen LogP contribution in [-0.4, -0.2) is 0 Å². The van der Waals surface area contributed by atoms with Crippen LogP contribution in [0.25, 0.3) is 65.3 Å². The molecule has 43 heavy (non-hydrogen) atoms. The van der Waals surface area contributed by atoms with Gasteiger partial charge in [-0.2, -0.15) is 0 Å². The van der Waals surface area contributed by atoms with Crippen LogP contribution in [0, 0.1) is 0 Å². The zero-order valence-corrected chi connectivity index (χ0v) is 24.9. The molecule has 0 heterocycles. The van der Waals surface area contributed by atoms with Crippen molar-refractivity contribution >= 4 is 43.1 Å². The first-order valence-corrected chi connectivity index (χ1v) is 15.7. The number of benzene rings is 8. The molecule has 8 aromatic rings. The van der Waals surface area contributed by atoms with Gasteiger partial charge < -0.3 is 0 Å². The van der Waals surface area contributed by atoms with E-state index in [4.69, 9.17) is 6.64 Å². The fourth-order valence-corrected chi connectivity index (χ4v) is 7.10. The monoisotopic (exact) mass is 586 g/mol. The second-order valence-corrected chi connectivity index (χ2v) is 11.6. The van der Waals surface area contributed by atoms with Crippen LogP contribution in [0.1, 0.15) is 0 Å². The molecule has 0 aliphatic carbocycles. The van der Waals surface area contributed by atoms with Crippen molar-refractivity contribution in [3.05, 3.63) is 158 Å². The van der Waals surface area contributed by atoms with E-state index in [-0.39, 0.29) is 0 Å². The van der Waals surface area contributed by atoms with Crippen molar-refractivity contribution in [3.63, 3.8) is 0 Å². The van der Waals surface area contributed by atoms with Crippen LogP contribution < -0.4 is 6.64 Å². The van der Waals surface area contributed by atoms with E-state index >= 15 is 0 Å². The summed E-state index contributed by atoms with van der Waals surface area (Å²) in [7, 11) is 0. The fraction of sp³-hybridized carbons (Fsp3) is 0. The van der Waals surface area contributed by atoms with E-state index in [2.05, 4.69) is 158 Å². The minimum atomic E-state index is -1.32. The molecule has 0 saturated carbocycles. The van der Waals surface area contributed by atoms with E-state index in [0.29, 0.717) is 0 Å². The van der Waals surface area contributed by atoms with Gasteiger partial charge in [0.2, 0.25) is 0 Å². The number of hydrogen-bond acceptors (Lipinski definition) is 2. The summed E-state index contributed by atoms with van der Waals surface area (Å²) in [5.41, 5.74) is 4.54. The third kappa shape index (κ3) is 4.66. The van der Waals surface area contributed by atoms with Crippen molar-refractivity contribution in [2.75, 3.05) is 0 Å². The molecule has 0 fully saturated rings. The predicted octanol–water partition coefficient (Wildman–Crippen LogP) is 11.0. The Hall–Kier alpha value is -4.89. The molecule has 0 spiro atoms. The Morgan fingerprint density at radius 3 is 1.09 bits per heavy atom. The zero-order valence-electron chi connectivity index (χ0n) is 23.3. The van der Waals surface area contributed by atoms with E-state index in [1.165, 1.54) is 54.2 Å². The first kappa shape index (κ1) is 25.8. The Kier molecular flexibility index (Phi) is 6.64. The average Bonchev–Trinajstić information content (AvgIpc) is 3.07. The van der Waals surface area contributed by atoms with Gasteiger partial charge in [-0.05, 0) is 0 Å². The standard InChI is InChI=1S/2C20H14O.Ti/c2*21-19-13-12-15-7-2-4-10-17(15)20(19)18-11-5-8-14-6-1-3-9-16(14)18;/h2*1-13,21H;/q;;+2/p-2. The molecular formula is C40H26O2Ti. The Morgan fingerprint density at radius 1 is 0.302 bits per heavy atom. The molecule has 0 saturated heterocycles. The number of hydrogen-bond donors (Lipinski definition) is 0. The van der Waals surface area contributed by atoms with Gasteiger partial charge in [0.15, 0.2) is 0 Å². The van der Waals surface area contributed by atoms with Crippen molar-refractivity contribution in [1.82, 2.24) is 0 Å². The SMILES string of the molecule is c1ccc2c(-c3c([O][Ti][O]c4ccc5ccccc5c4-c4cccc5ccccc45)ccc4ccccc34)cccc2c1. The third-order valence-corrected chi connectivity index (χ3v) is 9.15. The van der Waals surface area contributed by atoms with Crippen molar-refractivity contribution in [2.45, 2.75) is 0 Å². The molecule has 0 aliphatic rings. The summed E-state index contributed by atoms with van der Waals surface area (Å²) in [6, 6.07) is 55.6. The maximum absolute atomic E-state index is 6.65. The summed E-state index contributed by atoms with van der Waals surface area (Å²) in [6.07, 6.45) is 0. The molecule has 202 valence electrons. The second-order valence-electron chi connectivity index (χ2n) is 10.7. The molecule has 0 unspecified atom stereocenters. The first-order valence-electron chi connectivity index (χ1n) is 14.4. The molecule has 0 aliphatic heterocycles. The molecular weight excluding hydrogens is 560 g/mol. The van der Waals surface area contributed by atoms with Gasteiger partial charge in [0.05, 0.1) is 0 Å². The zero-order chi connectivity index (χ0) is 28.6. The van der Waals surface area contributed by atoms with Gasteiger partial charge >= 0.3 is 261 Å². The topological polar surface area (TPSA) is 18.5 Å². The summed E-state index contributed by atoms with van der Waals surface area (Å²) >= 11 is -1.32. The summed E-state index contributed by atoms with van der Waals surface area (Å²) in [5.74, 6) is 1.70. The molecule has 0 radical (unpaired) electrons. The van der Waals surface area contributed by atoms with Crippen molar-refractivity contribution in [3.8, 4) is 33.8 Å². The van der Waals surface area contributed by atoms with E-state index in [9.17, 15) is 0 Å². The Balaban J connectivity index is 1.22. The van der Waals surface area contributed by atoms with Crippen LogP contribution >= 0.6 is 0 Å². The molecule has 2 nitrogen and oxygen atoms in total. The van der Waals surface area contributed by atoms with Gasteiger partial charge in [-0.1, -0.05) is 0 Å². The van der Waals surface area contributed by atoms with Crippen molar-refractivity contribution < 1.29 is 26.6 Å². The van der Waals surface area contributed by atoms with Gasteiger partial charge in [0.25, 0.3) is 0 Å². The van der Waals surface area contributed by atoms with E-state index in [1.54, 1.807) is 0 Å². The third-order valence-electron chi connectivity index (χ3n) is 8.20. The normalized spacial score (nSPS) is 11.3. The second kappa shape index (κ2) is 11.1. The molecule has 8 aromatic carbocycles. The Bertz CT molecular complexity index is 2120. The van der Waals surface area contributed by atoms with Crippen molar-refractivity contribution in [2.24, 2.45) is 0 Å². The van der Waals surface area contributed by atoms with E-state index < -0.39 is 19.9 Å². The van der Waals surface area contributed by atoms with Crippen LogP contribution in [0.4, 0.5) is 0 Å². The average molecular weight is 587 g/mol. The van der Waals surface area contributed by atoms with E-state index in [0.717, 1.165) is 22.6 Å². The quantitative estimate of drug-likeness (QED) is 0.181. The molecule has 0 N–H and O–H groups in total. The van der Waals surface area contributed by atoms with Crippen LogP contribution in [0.15, 0.2) is 158 Å². The van der Waals surface area contributed by atoms with Crippen molar-refractivity contribution in [1.29, 1.82) is 0 Å². The van der Waals surface area contributed by atoms with Gasteiger partial charge in [-0.25, -0.2) is 0 Å². The van der Waals surface area contributed by atoms with Gasteiger partial charge in [0, 0.05) is 0 Å². The molecule has 0 aromatic heterocycles. The van der Waals surface area contributed by atoms with Crippen LogP contribution in [0.2, 0.25) is 0 Å². The maximum atomic E-state index is 6.65. The Morgan fingerprint density at radius 2 is 0.651 bits per heavy atom. The Labute approximate surface area is 260 Å². The summed E-state index contributed by atoms with van der Waals surface area (Å²) in [4.78, 5) is 0. The summed E-state index contributed by atoms with van der Waals surface area (Å²) in [6.45, 7) is 0. The van der Waals surface area contributed by atoms with Gasteiger partial charge in [0.1, 0.15) is 0 Å². The van der Waals surface area contributed by atoms with Crippen LogP contribution in [0.5, 0.6) is 11.5 Å². The number of rotatable bonds is 6. The predicted molar refractivity (Wildman–Crippen MR) is 175 cm³/mol.